The molecule has 7 nitrogen and oxygen atoms in total. The molecule has 2 aromatic heterocycles. The minimum atomic E-state index is -0.656. The summed E-state index contributed by atoms with van der Waals surface area (Å²) < 4.78 is 0. The molecule has 0 fully saturated rings. The number of rotatable bonds is 4. The van der Waals surface area contributed by atoms with E-state index in [1.807, 2.05) is 34.6 Å². The second kappa shape index (κ2) is 5.59. The van der Waals surface area contributed by atoms with Gasteiger partial charge in [-0.05, 0) is 20.8 Å². The quantitative estimate of drug-likeness (QED) is 0.892. The maximum absolute atomic E-state index is 12.4. The molecule has 2 heterocycles. The fourth-order valence-corrected chi connectivity index (χ4v) is 1.90. The van der Waals surface area contributed by atoms with Gasteiger partial charge in [0.15, 0.2) is 0 Å². The number of aromatic nitrogens is 5. The van der Waals surface area contributed by atoms with Crippen LogP contribution in [0.1, 0.15) is 61.3 Å². The monoisotopic (exact) mass is 288 g/mol. The summed E-state index contributed by atoms with van der Waals surface area (Å²) in [6.45, 7) is 9.54. The Labute approximate surface area is 123 Å². The van der Waals surface area contributed by atoms with E-state index in [0.29, 0.717) is 17.1 Å². The van der Waals surface area contributed by atoms with Gasteiger partial charge < -0.3 is 5.32 Å². The van der Waals surface area contributed by atoms with E-state index < -0.39 is 5.54 Å². The summed E-state index contributed by atoms with van der Waals surface area (Å²) >= 11 is 0. The maximum atomic E-state index is 12.4. The molecule has 112 valence electrons. The molecule has 0 aromatic carbocycles. The van der Waals surface area contributed by atoms with E-state index >= 15 is 0 Å². The molecule has 0 saturated heterocycles. The largest absolute Gasteiger partial charge is 0.340 e. The first-order valence-corrected chi connectivity index (χ1v) is 6.83. The van der Waals surface area contributed by atoms with Crippen molar-refractivity contribution in [2.45, 2.75) is 46.1 Å². The topological polar surface area (TPSA) is 96.5 Å². The number of carbonyl (C=O) groups excluding carboxylic acids is 1. The highest BCUT2D eigenvalue weighted by Gasteiger charge is 2.27. The van der Waals surface area contributed by atoms with Gasteiger partial charge in [-0.1, -0.05) is 13.8 Å². The molecule has 7 heteroatoms. The molecule has 0 unspecified atom stereocenters. The number of amides is 1. The summed E-state index contributed by atoms with van der Waals surface area (Å²) in [7, 11) is 0. The Morgan fingerprint density at radius 3 is 2.57 bits per heavy atom. The van der Waals surface area contributed by atoms with Crippen molar-refractivity contribution >= 4 is 5.91 Å². The highest BCUT2D eigenvalue weighted by Crippen LogP contribution is 2.17. The van der Waals surface area contributed by atoms with Crippen molar-refractivity contribution in [3.8, 4) is 0 Å². The normalized spacial score (nSPS) is 11.7. The molecule has 2 N–H and O–H groups in total. The smallest absolute Gasteiger partial charge is 0.255 e. The van der Waals surface area contributed by atoms with Crippen molar-refractivity contribution in [1.29, 1.82) is 0 Å². The molecule has 0 radical (unpaired) electrons. The molecule has 1 amide bonds. The van der Waals surface area contributed by atoms with Crippen molar-refractivity contribution in [1.82, 2.24) is 30.5 Å². The molecule has 0 aliphatic rings. The van der Waals surface area contributed by atoms with E-state index in [9.17, 15) is 4.79 Å². The second-order valence-electron chi connectivity index (χ2n) is 5.80. The van der Waals surface area contributed by atoms with Crippen molar-refractivity contribution < 1.29 is 4.79 Å². The predicted molar refractivity (Wildman–Crippen MR) is 77.7 cm³/mol. The number of hydrogen-bond donors (Lipinski definition) is 2. The van der Waals surface area contributed by atoms with Gasteiger partial charge in [-0.2, -0.15) is 5.10 Å². The number of aryl methyl sites for hydroxylation is 1. The van der Waals surface area contributed by atoms with Crippen molar-refractivity contribution in [3.63, 3.8) is 0 Å². The summed E-state index contributed by atoms with van der Waals surface area (Å²) in [6, 6.07) is 0. The fraction of sp³-hybridized carbons (Fsp3) is 0.500. The Bertz CT molecular complexity index is 633. The third-order valence-corrected chi connectivity index (χ3v) is 3.19. The lowest BCUT2D eigenvalue weighted by Crippen LogP contribution is -2.42. The van der Waals surface area contributed by atoms with Crippen LogP contribution >= 0.6 is 0 Å². The van der Waals surface area contributed by atoms with Crippen LogP contribution in [0.25, 0.3) is 0 Å². The van der Waals surface area contributed by atoms with E-state index in [-0.39, 0.29) is 11.8 Å². The van der Waals surface area contributed by atoms with E-state index in [0.717, 1.165) is 5.82 Å². The third-order valence-electron chi connectivity index (χ3n) is 3.19. The molecule has 0 spiro atoms. The molecular weight excluding hydrogens is 268 g/mol. The average Bonchev–Trinajstić information content (AvgIpc) is 2.92. The lowest BCUT2D eigenvalue weighted by molar-refractivity contribution is 0.0907. The van der Waals surface area contributed by atoms with Crippen LogP contribution in [0, 0.1) is 6.92 Å². The lowest BCUT2D eigenvalue weighted by atomic mass is 10.0. The van der Waals surface area contributed by atoms with Gasteiger partial charge in [0.2, 0.25) is 0 Å². The molecule has 2 aromatic rings. The standard InChI is InChI=1S/C14H20N6O/c1-8(2)11-15-6-10(9(3)18-11)12(21)19-14(4,5)13-16-7-17-20-13/h6-8H,1-5H3,(H,19,21)(H,16,17,20). The minimum Gasteiger partial charge on any atom is -0.340 e. The van der Waals surface area contributed by atoms with Crippen molar-refractivity contribution in [3.05, 3.63) is 35.4 Å². The Kier molecular flexibility index (Phi) is 4.02. The second-order valence-corrected chi connectivity index (χ2v) is 5.80. The first kappa shape index (κ1) is 15.1. The van der Waals surface area contributed by atoms with Crippen LogP contribution in [0.2, 0.25) is 0 Å². The predicted octanol–water partition coefficient (Wildman–Crippen LogP) is 1.69. The Morgan fingerprint density at radius 2 is 2.05 bits per heavy atom. The summed E-state index contributed by atoms with van der Waals surface area (Å²) in [4.78, 5) is 25.1. The van der Waals surface area contributed by atoms with Crippen LogP contribution < -0.4 is 5.32 Å². The van der Waals surface area contributed by atoms with Crippen LogP contribution in [0.5, 0.6) is 0 Å². The number of aromatic amines is 1. The third kappa shape index (κ3) is 3.24. The van der Waals surface area contributed by atoms with Gasteiger partial charge in [0.25, 0.3) is 5.91 Å². The molecule has 0 bridgehead atoms. The SMILES string of the molecule is Cc1nc(C(C)C)ncc1C(=O)NC(C)(C)c1ncn[nH]1. The number of H-pyrrole nitrogens is 1. The number of nitrogens with zero attached hydrogens (tertiary/aromatic N) is 4. The molecule has 2 rings (SSSR count). The van der Waals surface area contributed by atoms with Crippen LogP contribution in [-0.2, 0) is 5.54 Å². The minimum absolute atomic E-state index is 0.228. The van der Waals surface area contributed by atoms with Crippen LogP contribution in [-0.4, -0.2) is 31.1 Å². The highest BCUT2D eigenvalue weighted by molar-refractivity contribution is 5.95. The highest BCUT2D eigenvalue weighted by atomic mass is 16.1. The molecular formula is C14H20N6O. The molecule has 0 atom stereocenters. The van der Waals surface area contributed by atoms with Gasteiger partial charge in [0.1, 0.15) is 18.0 Å². The Balaban J connectivity index is 2.21. The van der Waals surface area contributed by atoms with E-state index in [4.69, 9.17) is 0 Å². The summed E-state index contributed by atoms with van der Waals surface area (Å²) in [5, 5.41) is 9.48. The van der Waals surface area contributed by atoms with Gasteiger partial charge in [-0.3, -0.25) is 9.89 Å². The zero-order valence-corrected chi connectivity index (χ0v) is 12.9. The molecule has 0 saturated carbocycles. The zero-order chi connectivity index (χ0) is 15.6. The molecule has 21 heavy (non-hydrogen) atoms. The zero-order valence-electron chi connectivity index (χ0n) is 12.9. The average molecular weight is 288 g/mol. The first-order chi connectivity index (χ1) is 9.81. The van der Waals surface area contributed by atoms with Crippen LogP contribution in [0.3, 0.4) is 0 Å². The van der Waals surface area contributed by atoms with Crippen molar-refractivity contribution in [2.75, 3.05) is 0 Å². The fourth-order valence-electron chi connectivity index (χ4n) is 1.90. The van der Waals surface area contributed by atoms with Crippen LogP contribution in [0.15, 0.2) is 12.5 Å². The first-order valence-electron chi connectivity index (χ1n) is 6.83. The Morgan fingerprint density at radius 1 is 1.33 bits per heavy atom. The van der Waals surface area contributed by atoms with Crippen molar-refractivity contribution in [2.24, 2.45) is 0 Å². The van der Waals surface area contributed by atoms with E-state index in [2.05, 4.69) is 30.5 Å². The maximum Gasteiger partial charge on any atom is 0.255 e. The van der Waals surface area contributed by atoms with E-state index in [1.54, 1.807) is 6.20 Å². The number of nitrogens with one attached hydrogen (secondary N) is 2. The lowest BCUT2D eigenvalue weighted by Gasteiger charge is -2.23. The Hall–Kier alpha value is -2.31. The van der Waals surface area contributed by atoms with Gasteiger partial charge >= 0.3 is 0 Å². The summed E-state index contributed by atoms with van der Waals surface area (Å²) in [5.41, 5.74) is 0.475. The summed E-state index contributed by atoms with van der Waals surface area (Å²) in [5.74, 6) is 1.32. The van der Waals surface area contributed by atoms with E-state index in [1.165, 1.54) is 6.33 Å². The van der Waals surface area contributed by atoms with Gasteiger partial charge in [0.05, 0.1) is 16.8 Å². The number of hydrogen-bond acceptors (Lipinski definition) is 5. The number of carbonyl (C=O) groups is 1. The molecule has 0 aliphatic carbocycles. The molecule has 0 aliphatic heterocycles. The van der Waals surface area contributed by atoms with Crippen LogP contribution in [0.4, 0.5) is 0 Å². The summed E-state index contributed by atoms with van der Waals surface area (Å²) in [6.07, 6.45) is 2.98. The van der Waals surface area contributed by atoms with Gasteiger partial charge in [-0.15, -0.1) is 0 Å². The van der Waals surface area contributed by atoms with Gasteiger partial charge in [-0.25, -0.2) is 15.0 Å². The van der Waals surface area contributed by atoms with Gasteiger partial charge in [0, 0.05) is 12.1 Å².